The highest BCUT2D eigenvalue weighted by molar-refractivity contribution is 6.31. The van der Waals surface area contributed by atoms with Crippen molar-refractivity contribution >= 4 is 22.6 Å². The van der Waals surface area contributed by atoms with E-state index in [1.54, 1.807) is 29.1 Å². The number of aromatic nitrogens is 3. The molecule has 0 saturated carbocycles. The summed E-state index contributed by atoms with van der Waals surface area (Å²) < 4.78 is 0. The van der Waals surface area contributed by atoms with Crippen molar-refractivity contribution in [3.8, 4) is 22.6 Å². The number of fused-ring (bicyclic) bond motifs is 1. The SMILES string of the molecule is Oc1ccccc1-c1cccc(-n2nc3ccc(Cl)cc3n2)c1. The predicted octanol–water partition coefficient (Wildman–Crippen LogP) is 4.45. The van der Waals surface area contributed by atoms with Crippen molar-refractivity contribution in [2.75, 3.05) is 0 Å². The number of aromatic hydroxyl groups is 1. The Kier molecular flexibility index (Phi) is 3.24. The van der Waals surface area contributed by atoms with Crippen molar-refractivity contribution in [2.24, 2.45) is 0 Å². The quantitative estimate of drug-likeness (QED) is 0.593. The molecule has 5 heteroatoms. The number of phenols is 1. The van der Waals surface area contributed by atoms with Gasteiger partial charge in [0, 0.05) is 10.6 Å². The first-order valence-corrected chi connectivity index (χ1v) is 7.50. The maximum Gasteiger partial charge on any atom is 0.123 e. The van der Waals surface area contributed by atoms with Crippen LogP contribution in [0.4, 0.5) is 0 Å². The third kappa shape index (κ3) is 2.53. The van der Waals surface area contributed by atoms with Gasteiger partial charge in [0.2, 0.25) is 0 Å². The Morgan fingerprint density at radius 1 is 0.826 bits per heavy atom. The summed E-state index contributed by atoms with van der Waals surface area (Å²) in [6.07, 6.45) is 0. The highest BCUT2D eigenvalue weighted by Crippen LogP contribution is 2.29. The molecule has 0 aliphatic rings. The molecule has 4 aromatic rings. The molecular weight excluding hydrogens is 310 g/mol. The Hall–Kier alpha value is -2.85. The van der Waals surface area contributed by atoms with Crippen LogP contribution in [0.25, 0.3) is 27.8 Å². The highest BCUT2D eigenvalue weighted by atomic mass is 35.5. The van der Waals surface area contributed by atoms with Crippen LogP contribution in [0.5, 0.6) is 5.75 Å². The van der Waals surface area contributed by atoms with Gasteiger partial charge in [-0.25, -0.2) is 0 Å². The van der Waals surface area contributed by atoms with Gasteiger partial charge >= 0.3 is 0 Å². The summed E-state index contributed by atoms with van der Waals surface area (Å²) in [5.74, 6) is 0.245. The number of phenolic OH excluding ortho intramolecular Hbond substituents is 1. The van der Waals surface area contributed by atoms with Gasteiger partial charge in [0.25, 0.3) is 0 Å². The molecule has 4 rings (SSSR count). The van der Waals surface area contributed by atoms with Crippen molar-refractivity contribution in [1.82, 2.24) is 15.0 Å². The van der Waals surface area contributed by atoms with Crippen molar-refractivity contribution in [2.45, 2.75) is 0 Å². The third-order valence-corrected chi connectivity index (χ3v) is 3.87. The molecule has 112 valence electrons. The van der Waals surface area contributed by atoms with Gasteiger partial charge < -0.3 is 5.11 Å². The van der Waals surface area contributed by atoms with Crippen LogP contribution < -0.4 is 0 Å². The van der Waals surface area contributed by atoms with Crippen LogP contribution in [0.3, 0.4) is 0 Å². The monoisotopic (exact) mass is 321 g/mol. The van der Waals surface area contributed by atoms with E-state index in [1.165, 1.54) is 0 Å². The van der Waals surface area contributed by atoms with Crippen molar-refractivity contribution < 1.29 is 5.11 Å². The van der Waals surface area contributed by atoms with E-state index in [0.29, 0.717) is 5.02 Å². The number of nitrogens with zero attached hydrogens (tertiary/aromatic N) is 3. The van der Waals surface area contributed by atoms with E-state index in [-0.39, 0.29) is 5.75 Å². The zero-order valence-electron chi connectivity index (χ0n) is 12.0. The maximum absolute atomic E-state index is 10.0. The van der Waals surface area contributed by atoms with Gasteiger partial charge in [-0.05, 0) is 42.0 Å². The van der Waals surface area contributed by atoms with Crippen LogP contribution in [0.1, 0.15) is 0 Å². The number of para-hydroxylation sites is 1. The third-order valence-electron chi connectivity index (χ3n) is 3.63. The van der Waals surface area contributed by atoms with Gasteiger partial charge in [0.05, 0.1) is 5.69 Å². The molecule has 0 spiro atoms. The fourth-order valence-electron chi connectivity index (χ4n) is 2.52. The number of hydrogen-bond donors (Lipinski definition) is 1. The lowest BCUT2D eigenvalue weighted by molar-refractivity contribution is 0.477. The Balaban J connectivity index is 1.83. The molecule has 0 atom stereocenters. The number of halogens is 1. The standard InChI is InChI=1S/C18H12ClN3O/c19-13-8-9-16-17(11-13)21-22(20-16)14-5-3-4-12(10-14)15-6-1-2-7-18(15)23/h1-11,23H. The number of rotatable bonds is 2. The van der Waals surface area contributed by atoms with Crippen LogP contribution in [-0.2, 0) is 0 Å². The minimum Gasteiger partial charge on any atom is -0.507 e. The molecule has 1 heterocycles. The largest absolute Gasteiger partial charge is 0.507 e. The molecule has 0 unspecified atom stereocenters. The fourth-order valence-corrected chi connectivity index (χ4v) is 2.69. The zero-order valence-corrected chi connectivity index (χ0v) is 12.8. The molecule has 0 amide bonds. The normalized spacial score (nSPS) is 11.0. The van der Waals surface area contributed by atoms with E-state index in [1.807, 2.05) is 42.5 Å². The molecule has 0 radical (unpaired) electrons. The Morgan fingerprint density at radius 3 is 2.52 bits per heavy atom. The molecule has 23 heavy (non-hydrogen) atoms. The summed E-state index contributed by atoms with van der Waals surface area (Å²) in [5, 5.41) is 19.6. The molecule has 1 aromatic heterocycles. The maximum atomic E-state index is 10.0. The Labute approximate surface area is 137 Å². The van der Waals surface area contributed by atoms with Gasteiger partial charge in [-0.15, -0.1) is 10.2 Å². The average Bonchev–Trinajstić information content (AvgIpc) is 2.98. The van der Waals surface area contributed by atoms with E-state index in [0.717, 1.165) is 27.8 Å². The van der Waals surface area contributed by atoms with Gasteiger partial charge in [-0.2, -0.15) is 4.80 Å². The molecule has 3 aromatic carbocycles. The second-order valence-corrected chi connectivity index (χ2v) is 5.63. The first-order chi connectivity index (χ1) is 11.2. The minimum absolute atomic E-state index is 0.245. The van der Waals surface area contributed by atoms with Crippen LogP contribution in [0.15, 0.2) is 66.7 Å². The number of hydrogen-bond acceptors (Lipinski definition) is 3. The number of benzene rings is 3. The minimum atomic E-state index is 0.245. The summed E-state index contributed by atoms with van der Waals surface area (Å²) in [7, 11) is 0. The summed E-state index contributed by atoms with van der Waals surface area (Å²) >= 11 is 5.99. The lowest BCUT2D eigenvalue weighted by Gasteiger charge is -2.06. The van der Waals surface area contributed by atoms with Crippen molar-refractivity contribution in [1.29, 1.82) is 0 Å². The molecule has 0 fully saturated rings. The molecule has 0 aliphatic heterocycles. The van der Waals surface area contributed by atoms with E-state index >= 15 is 0 Å². The van der Waals surface area contributed by atoms with E-state index in [9.17, 15) is 5.11 Å². The van der Waals surface area contributed by atoms with Crippen molar-refractivity contribution in [3.05, 3.63) is 71.8 Å². The molecule has 4 nitrogen and oxygen atoms in total. The molecular formula is C18H12ClN3O. The topological polar surface area (TPSA) is 50.9 Å². The molecule has 1 N–H and O–H groups in total. The Bertz CT molecular complexity index is 1010. The summed E-state index contributed by atoms with van der Waals surface area (Å²) in [5.41, 5.74) is 4.01. The van der Waals surface area contributed by atoms with Crippen LogP contribution in [-0.4, -0.2) is 20.1 Å². The fraction of sp³-hybridized carbons (Fsp3) is 0. The smallest absolute Gasteiger partial charge is 0.123 e. The van der Waals surface area contributed by atoms with Gasteiger partial charge in [0.15, 0.2) is 0 Å². The first kappa shape index (κ1) is 13.8. The first-order valence-electron chi connectivity index (χ1n) is 7.12. The molecule has 0 bridgehead atoms. The van der Waals surface area contributed by atoms with E-state index in [4.69, 9.17) is 11.6 Å². The van der Waals surface area contributed by atoms with E-state index < -0.39 is 0 Å². The van der Waals surface area contributed by atoms with Gasteiger partial charge in [-0.1, -0.05) is 41.9 Å². The van der Waals surface area contributed by atoms with Crippen LogP contribution in [0, 0.1) is 0 Å². The lowest BCUT2D eigenvalue weighted by atomic mass is 10.0. The highest BCUT2D eigenvalue weighted by Gasteiger charge is 2.08. The summed E-state index contributed by atoms with van der Waals surface area (Å²) in [6, 6.07) is 20.4. The zero-order chi connectivity index (χ0) is 15.8. The van der Waals surface area contributed by atoms with Gasteiger partial charge in [0.1, 0.15) is 16.8 Å². The molecule has 0 saturated heterocycles. The lowest BCUT2D eigenvalue weighted by Crippen LogP contribution is -1.98. The van der Waals surface area contributed by atoms with Crippen LogP contribution in [0.2, 0.25) is 5.02 Å². The predicted molar refractivity (Wildman–Crippen MR) is 91.0 cm³/mol. The average molecular weight is 322 g/mol. The summed E-state index contributed by atoms with van der Waals surface area (Å²) in [4.78, 5) is 1.57. The van der Waals surface area contributed by atoms with E-state index in [2.05, 4.69) is 10.2 Å². The van der Waals surface area contributed by atoms with Gasteiger partial charge in [-0.3, -0.25) is 0 Å². The van der Waals surface area contributed by atoms with Crippen LogP contribution >= 0.6 is 11.6 Å². The van der Waals surface area contributed by atoms with Crippen molar-refractivity contribution in [3.63, 3.8) is 0 Å². The second kappa shape index (κ2) is 5.41. The Morgan fingerprint density at radius 2 is 1.65 bits per heavy atom. The second-order valence-electron chi connectivity index (χ2n) is 5.19. The molecule has 0 aliphatic carbocycles. The summed E-state index contributed by atoms with van der Waals surface area (Å²) in [6.45, 7) is 0.